The number of aliphatic imine (C=N–C) groups is 2. The van der Waals surface area contributed by atoms with E-state index in [9.17, 15) is 4.39 Å². The molecule has 0 saturated carbocycles. The van der Waals surface area contributed by atoms with Gasteiger partial charge in [0.1, 0.15) is 23.5 Å². The van der Waals surface area contributed by atoms with E-state index in [1.807, 2.05) is 40.2 Å². The van der Waals surface area contributed by atoms with E-state index < -0.39 is 0 Å². The lowest BCUT2D eigenvalue weighted by molar-refractivity contribution is 0.375. The van der Waals surface area contributed by atoms with Crippen molar-refractivity contribution in [3.05, 3.63) is 78.8 Å². The van der Waals surface area contributed by atoms with E-state index in [2.05, 4.69) is 36.1 Å². The Morgan fingerprint density at radius 1 is 1.27 bits per heavy atom. The average molecular weight is 444 g/mol. The number of hydrazine groups is 1. The zero-order chi connectivity index (χ0) is 22.8. The fourth-order valence-corrected chi connectivity index (χ4v) is 3.59. The average Bonchev–Trinajstić information content (AvgIpc) is 3.45. The SMILES string of the molecule is CN=C(C=CN)Nc1nccc(-c2cc3n(c2)C=CN2C(=Nc4ccccc4F)NNC32)n1. The zero-order valence-corrected chi connectivity index (χ0v) is 17.6. The second-order valence-electron chi connectivity index (χ2n) is 7.18. The maximum Gasteiger partial charge on any atom is 0.228 e. The third kappa shape index (κ3) is 3.92. The Morgan fingerprint density at radius 2 is 2.15 bits per heavy atom. The standard InChI is InChI=1S/C22H21FN10/c1-25-19(6-8-24)29-21-26-9-7-16(27-21)14-12-18-20-30-31-22(33(20)11-10-32(18)13-14)28-17-5-3-2-4-15(17)23/h2-13,20,30H,24H2,1H3,(H,28,31)(H,25,26,27,29). The van der Waals surface area contributed by atoms with Crippen LogP contribution in [0.1, 0.15) is 11.9 Å². The number of hydrogen-bond acceptors (Lipinski definition) is 6. The lowest BCUT2D eigenvalue weighted by atomic mass is 10.2. The third-order valence-electron chi connectivity index (χ3n) is 5.16. The number of guanidine groups is 1. The Labute approximate surface area is 189 Å². The first-order valence-corrected chi connectivity index (χ1v) is 10.1. The highest BCUT2D eigenvalue weighted by Gasteiger charge is 2.33. The molecule has 0 spiro atoms. The summed E-state index contributed by atoms with van der Waals surface area (Å²) in [6, 6.07) is 10.3. The second-order valence-corrected chi connectivity index (χ2v) is 7.18. The van der Waals surface area contributed by atoms with Crippen LogP contribution in [0, 0.1) is 5.82 Å². The number of fused-ring (bicyclic) bond motifs is 3. The van der Waals surface area contributed by atoms with Crippen LogP contribution in [0.2, 0.25) is 0 Å². The van der Waals surface area contributed by atoms with Crippen LogP contribution >= 0.6 is 0 Å². The fraction of sp³-hybridized carbons (Fsp3) is 0.0909. The fourth-order valence-electron chi connectivity index (χ4n) is 3.59. The van der Waals surface area contributed by atoms with E-state index in [-0.39, 0.29) is 17.7 Å². The summed E-state index contributed by atoms with van der Waals surface area (Å²) < 4.78 is 16.0. The van der Waals surface area contributed by atoms with Crippen LogP contribution in [0.3, 0.4) is 0 Å². The van der Waals surface area contributed by atoms with Gasteiger partial charge < -0.3 is 15.6 Å². The molecular formula is C22H21FN10. The van der Waals surface area contributed by atoms with Crippen molar-refractivity contribution < 1.29 is 4.39 Å². The lowest BCUT2D eigenvalue weighted by Gasteiger charge is -2.25. The van der Waals surface area contributed by atoms with Crippen molar-refractivity contribution in [1.82, 2.24) is 30.3 Å². The molecule has 1 atom stereocenters. The van der Waals surface area contributed by atoms with E-state index in [1.54, 1.807) is 37.5 Å². The van der Waals surface area contributed by atoms with Gasteiger partial charge in [0.15, 0.2) is 0 Å². The number of nitrogens with two attached hydrogens (primary N) is 1. The van der Waals surface area contributed by atoms with Gasteiger partial charge in [-0.2, -0.15) is 0 Å². The van der Waals surface area contributed by atoms with Crippen LogP contribution in [0.15, 0.2) is 77.3 Å². The van der Waals surface area contributed by atoms with E-state index in [0.717, 1.165) is 17.0 Å². The molecule has 2 aromatic heterocycles. The molecule has 5 N–H and O–H groups in total. The van der Waals surface area contributed by atoms with Crippen LogP contribution in [-0.4, -0.2) is 38.3 Å². The number of nitrogens with one attached hydrogen (secondary N) is 3. The second kappa shape index (κ2) is 8.55. The van der Waals surface area contributed by atoms with Gasteiger partial charge in [0.05, 0.1) is 11.4 Å². The van der Waals surface area contributed by atoms with Gasteiger partial charge in [0.2, 0.25) is 11.9 Å². The molecular weight excluding hydrogens is 423 g/mol. The monoisotopic (exact) mass is 444 g/mol. The highest BCUT2D eigenvalue weighted by molar-refractivity contribution is 6.02. The van der Waals surface area contributed by atoms with Crippen molar-refractivity contribution in [1.29, 1.82) is 0 Å². The summed E-state index contributed by atoms with van der Waals surface area (Å²) in [6.07, 6.45) is 10.3. The van der Waals surface area contributed by atoms with Gasteiger partial charge in [-0.25, -0.2) is 24.8 Å². The van der Waals surface area contributed by atoms with E-state index in [4.69, 9.17) is 5.73 Å². The highest BCUT2D eigenvalue weighted by atomic mass is 19.1. The molecule has 1 unspecified atom stereocenters. The van der Waals surface area contributed by atoms with Crippen LogP contribution in [0.25, 0.3) is 17.5 Å². The van der Waals surface area contributed by atoms with Crippen LogP contribution < -0.4 is 21.9 Å². The molecule has 33 heavy (non-hydrogen) atoms. The van der Waals surface area contributed by atoms with Crippen molar-refractivity contribution in [2.24, 2.45) is 15.7 Å². The topological polar surface area (TPSA) is 121 Å². The number of para-hydroxylation sites is 1. The summed E-state index contributed by atoms with van der Waals surface area (Å²) in [6.45, 7) is 0. The summed E-state index contributed by atoms with van der Waals surface area (Å²) in [7, 11) is 1.65. The largest absolute Gasteiger partial charge is 0.404 e. The minimum absolute atomic E-state index is 0.220. The summed E-state index contributed by atoms with van der Waals surface area (Å²) >= 11 is 0. The van der Waals surface area contributed by atoms with Crippen molar-refractivity contribution in [3.63, 3.8) is 0 Å². The van der Waals surface area contributed by atoms with Gasteiger partial charge in [-0.15, -0.1) is 0 Å². The molecule has 166 valence electrons. The van der Waals surface area contributed by atoms with Crippen molar-refractivity contribution >= 4 is 29.6 Å². The molecule has 3 aromatic rings. The molecule has 2 aliphatic rings. The minimum Gasteiger partial charge on any atom is -0.404 e. The number of hydrogen-bond donors (Lipinski definition) is 4. The number of benzene rings is 1. The predicted octanol–water partition coefficient (Wildman–Crippen LogP) is 2.53. The highest BCUT2D eigenvalue weighted by Crippen LogP contribution is 2.32. The quantitative estimate of drug-likeness (QED) is 0.360. The molecule has 4 heterocycles. The summed E-state index contributed by atoms with van der Waals surface area (Å²) in [5.74, 6) is 1.08. The molecule has 1 aromatic carbocycles. The minimum atomic E-state index is -0.381. The van der Waals surface area contributed by atoms with Gasteiger partial charge >= 0.3 is 0 Å². The van der Waals surface area contributed by atoms with Crippen molar-refractivity contribution in [2.75, 3.05) is 12.4 Å². The smallest absolute Gasteiger partial charge is 0.228 e. The number of nitrogens with zero attached hydrogens (tertiary/aromatic N) is 6. The Morgan fingerprint density at radius 3 is 2.97 bits per heavy atom. The molecule has 0 aliphatic carbocycles. The maximum absolute atomic E-state index is 14.0. The predicted molar refractivity (Wildman–Crippen MR) is 125 cm³/mol. The molecule has 1 saturated heterocycles. The number of amidine groups is 1. The molecule has 2 aliphatic heterocycles. The lowest BCUT2D eigenvalue weighted by Crippen LogP contribution is -2.29. The Hall–Kier alpha value is -4.51. The summed E-state index contributed by atoms with van der Waals surface area (Å²) in [4.78, 5) is 19.3. The Bertz CT molecular complexity index is 1310. The molecule has 0 radical (unpaired) electrons. The first kappa shape index (κ1) is 20.4. The number of rotatable bonds is 4. The molecule has 10 nitrogen and oxygen atoms in total. The first-order valence-electron chi connectivity index (χ1n) is 10.1. The van der Waals surface area contributed by atoms with Gasteiger partial charge in [0.25, 0.3) is 0 Å². The molecule has 5 rings (SSSR count). The van der Waals surface area contributed by atoms with Crippen molar-refractivity contribution in [2.45, 2.75) is 6.17 Å². The van der Waals surface area contributed by atoms with Gasteiger partial charge in [-0.05, 0) is 36.5 Å². The molecule has 1 fully saturated rings. The van der Waals surface area contributed by atoms with Crippen LogP contribution in [0.5, 0.6) is 0 Å². The van der Waals surface area contributed by atoms with Crippen LogP contribution in [0.4, 0.5) is 16.0 Å². The van der Waals surface area contributed by atoms with Gasteiger partial charge in [0, 0.05) is 37.4 Å². The summed E-state index contributed by atoms with van der Waals surface area (Å²) in [5.41, 5.74) is 14.6. The Balaban J connectivity index is 1.41. The molecule has 11 heteroatoms. The zero-order valence-electron chi connectivity index (χ0n) is 17.6. The number of anilines is 1. The first-order chi connectivity index (χ1) is 16.2. The molecule has 0 bridgehead atoms. The Kier molecular flexibility index (Phi) is 5.29. The van der Waals surface area contributed by atoms with Crippen LogP contribution in [-0.2, 0) is 0 Å². The van der Waals surface area contributed by atoms with Crippen molar-refractivity contribution in [3.8, 4) is 11.3 Å². The third-order valence-corrected chi connectivity index (χ3v) is 5.16. The number of halogens is 1. The van der Waals surface area contributed by atoms with E-state index >= 15 is 0 Å². The maximum atomic E-state index is 14.0. The van der Waals surface area contributed by atoms with Gasteiger partial charge in [-0.3, -0.25) is 15.3 Å². The summed E-state index contributed by atoms with van der Waals surface area (Å²) in [5, 5.41) is 3.04. The van der Waals surface area contributed by atoms with E-state index in [0.29, 0.717) is 17.7 Å². The normalized spacial score (nSPS) is 18.5. The molecule has 0 amide bonds. The number of aromatic nitrogens is 3. The van der Waals surface area contributed by atoms with E-state index in [1.165, 1.54) is 12.3 Å². The van der Waals surface area contributed by atoms with Gasteiger partial charge in [-0.1, -0.05) is 12.1 Å².